The zero-order valence-electron chi connectivity index (χ0n) is 16.0. The van der Waals surface area contributed by atoms with Crippen LogP contribution in [0.15, 0.2) is 18.2 Å². The van der Waals surface area contributed by atoms with Crippen LogP contribution >= 0.6 is 0 Å². The van der Waals surface area contributed by atoms with Crippen molar-refractivity contribution in [3.05, 3.63) is 23.8 Å². The van der Waals surface area contributed by atoms with Gasteiger partial charge in [0, 0.05) is 18.7 Å². The van der Waals surface area contributed by atoms with Crippen molar-refractivity contribution in [2.24, 2.45) is 0 Å². The number of rotatable bonds is 10. The molecule has 0 bridgehead atoms. The first-order chi connectivity index (χ1) is 11.3. The van der Waals surface area contributed by atoms with Gasteiger partial charge in [0.1, 0.15) is 0 Å². The van der Waals surface area contributed by atoms with Crippen molar-refractivity contribution < 1.29 is 19.3 Å². The van der Waals surface area contributed by atoms with Gasteiger partial charge in [-0.3, -0.25) is 4.90 Å². The van der Waals surface area contributed by atoms with Crippen molar-refractivity contribution in [1.82, 2.24) is 4.90 Å². The van der Waals surface area contributed by atoms with Gasteiger partial charge >= 0.3 is 0 Å². The maximum atomic E-state index is 10.3. The van der Waals surface area contributed by atoms with Crippen LogP contribution < -0.4 is 9.47 Å². The van der Waals surface area contributed by atoms with E-state index in [4.69, 9.17) is 14.2 Å². The first kappa shape index (κ1) is 20.7. The second-order valence-corrected chi connectivity index (χ2v) is 6.96. The standard InChI is InChI=1S/C19H33NO4/c1-7-11-20(13-16(21)14-24-19(2,3)4)12-15-9-8-10-17(22-5)18(15)23-6/h8-10,16,21H,7,11-14H2,1-6H3/t16-/m0/s1. The molecule has 0 aliphatic heterocycles. The van der Waals surface area contributed by atoms with Gasteiger partial charge in [0.2, 0.25) is 0 Å². The lowest BCUT2D eigenvalue weighted by Crippen LogP contribution is -2.37. The summed E-state index contributed by atoms with van der Waals surface area (Å²) in [5.41, 5.74) is 0.807. The molecule has 1 N–H and O–H groups in total. The SMILES string of the molecule is CCCN(Cc1cccc(OC)c1OC)C[C@H](O)COC(C)(C)C. The number of aliphatic hydroxyl groups is 1. The second kappa shape index (κ2) is 9.87. The summed E-state index contributed by atoms with van der Waals surface area (Å²) in [6.45, 7) is 10.6. The molecule has 138 valence electrons. The van der Waals surface area contributed by atoms with Crippen LogP contribution in [0.1, 0.15) is 39.7 Å². The quantitative estimate of drug-likeness (QED) is 0.710. The predicted octanol–water partition coefficient (Wildman–Crippen LogP) is 3.09. The van der Waals surface area contributed by atoms with E-state index in [-0.39, 0.29) is 5.60 Å². The highest BCUT2D eigenvalue weighted by molar-refractivity contribution is 5.46. The van der Waals surface area contributed by atoms with E-state index in [1.807, 2.05) is 39.0 Å². The van der Waals surface area contributed by atoms with Crippen LogP contribution in [-0.2, 0) is 11.3 Å². The van der Waals surface area contributed by atoms with Crippen molar-refractivity contribution in [2.45, 2.75) is 52.4 Å². The fraction of sp³-hybridized carbons (Fsp3) is 0.684. The average molecular weight is 339 g/mol. The summed E-state index contributed by atoms with van der Waals surface area (Å²) < 4.78 is 16.5. The molecule has 0 amide bonds. The lowest BCUT2D eigenvalue weighted by molar-refractivity contribution is -0.0566. The van der Waals surface area contributed by atoms with Crippen molar-refractivity contribution in [3.63, 3.8) is 0 Å². The van der Waals surface area contributed by atoms with Gasteiger partial charge in [-0.05, 0) is 39.8 Å². The first-order valence-corrected chi connectivity index (χ1v) is 8.55. The first-order valence-electron chi connectivity index (χ1n) is 8.55. The highest BCUT2D eigenvalue weighted by atomic mass is 16.5. The van der Waals surface area contributed by atoms with Crippen LogP contribution in [0.3, 0.4) is 0 Å². The Hall–Kier alpha value is -1.30. The monoisotopic (exact) mass is 339 g/mol. The Morgan fingerprint density at radius 2 is 1.88 bits per heavy atom. The number of para-hydroxylation sites is 1. The number of nitrogens with zero attached hydrogens (tertiary/aromatic N) is 1. The van der Waals surface area contributed by atoms with E-state index >= 15 is 0 Å². The van der Waals surface area contributed by atoms with Crippen LogP contribution in [0.4, 0.5) is 0 Å². The number of hydrogen-bond donors (Lipinski definition) is 1. The van der Waals surface area contributed by atoms with Gasteiger partial charge in [-0.1, -0.05) is 19.1 Å². The Bertz CT molecular complexity index is 485. The third kappa shape index (κ3) is 7.07. The molecule has 1 aromatic rings. The van der Waals surface area contributed by atoms with Crippen molar-refractivity contribution in [3.8, 4) is 11.5 Å². The summed E-state index contributed by atoms with van der Waals surface area (Å²) in [5, 5.41) is 10.3. The maximum Gasteiger partial charge on any atom is 0.165 e. The van der Waals surface area contributed by atoms with Gasteiger partial charge in [-0.25, -0.2) is 0 Å². The topological polar surface area (TPSA) is 51.2 Å². The third-order valence-corrected chi connectivity index (χ3v) is 3.60. The van der Waals surface area contributed by atoms with Gasteiger partial charge in [0.25, 0.3) is 0 Å². The Labute approximate surface area is 146 Å². The average Bonchev–Trinajstić information content (AvgIpc) is 2.52. The van der Waals surface area contributed by atoms with Gasteiger partial charge in [-0.15, -0.1) is 0 Å². The number of ether oxygens (including phenoxy) is 3. The van der Waals surface area contributed by atoms with Crippen molar-refractivity contribution >= 4 is 0 Å². The molecule has 0 saturated heterocycles. The normalized spacial score (nSPS) is 13.2. The van der Waals surface area contributed by atoms with E-state index in [0.29, 0.717) is 19.7 Å². The van der Waals surface area contributed by atoms with Gasteiger partial charge in [-0.2, -0.15) is 0 Å². The van der Waals surface area contributed by atoms with Gasteiger partial charge < -0.3 is 19.3 Å². The Kier molecular flexibility index (Phi) is 8.53. The molecule has 1 aromatic carbocycles. The van der Waals surface area contributed by atoms with Gasteiger partial charge in [0.15, 0.2) is 11.5 Å². The molecular formula is C19H33NO4. The van der Waals surface area contributed by atoms with E-state index in [2.05, 4.69) is 11.8 Å². The van der Waals surface area contributed by atoms with E-state index in [9.17, 15) is 5.11 Å². The highest BCUT2D eigenvalue weighted by Gasteiger charge is 2.18. The smallest absolute Gasteiger partial charge is 0.165 e. The minimum Gasteiger partial charge on any atom is -0.493 e. The molecule has 0 saturated carbocycles. The summed E-state index contributed by atoms with van der Waals surface area (Å²) in [5.74, 6) is 1.48. The molecule has 0 aromatic heterocycles. The van der Waals surface area contributed by atoms with E-state index in [1.165, 1.54) is 0 Å². The summed E-state index contributed by atoms with van der Waals surface area (Å²) in [6, 6.07) is 5.88. The zero-order valence-corrected chi connectivity index (χ0v) is 16.0. The molecule has 5 heteroatoms. The van der Waals surface area contributed by atoms with Crippen LogP contribution in [0, 0.1) is 0 Å². The molecule has 24 heavy (non-hydrogen) atoms. The van der Waals surface area contributed by atoms with E-state index in [1.54, 1.807) is 14.2 Å². The number of benzene rings is 1. The largest absolute Gasteiger partial charge is 0.493 e. The molecule has 5 nitrogen and oxygen atoms in total. The summed E-state index contributed by atoms with van der Waals surface area (Å²) >= 11 is 0. The highest BCUT2D eigenvalue weighted by Crippen LogP contribution is 2.31. The molecule has 0 heterocycles. The van der Waals surface area contributed by atoms with Crippen LogP contribution in [0.2, 0.25) is 0 Å². The van der Waals surface area contributed by atoms with Crippen molar-refractivity contribution in [1.29, 1.82) is 0 Å². The Morgan fingerprint density at radius 1 is 1.17 bits per heavy atom. The lowest BCUT2D eigenvalue weighted by atomic mass is 10.1. The van der Waals surface area contributed by atoms with Crippen LogP contribution in [0.25, 0.3) is 0 Å². The second-order valence-electron chi connectivity index (χ2n) is 6.96. The summed E-state index contributed by atoms with van der Waals surface area (Å²) in [7, 11) is 3.29. The molecule has 1 rings (SSSR count). The maximum absolute atomic E-state index is 10.3. The molecule has 1 atom stereocenters. The van der Waals surface area contributed by atoms with E-state index < -0.39 is 6.10 Å². The zero-order chi connectivity index (χ0) is 18.2. The molecule has 0 aliphatic rings. The molecule has 0 aliphatic carbocycles. The molecular weight excluding hydrogens is 306 g/mol. The minimum absolute atomic E-state index is 0.243. The Morgan fingerprint density at radius 3 is 2.42 bits per heavy atom. The van der Waals surface area contributed by atoms with Crippen LogP contribution in [-0.4, -0.2) is 55.6 Å². The van der Waals surface area contributed by atoms with Gasteiger partial charge in [0.05, 0.1) is 32.5 Å². The molecule has 0 unspecified atom stereocenters. The minimum atomic E-state index is -0.521. The summed E-state index contributed by atoms with van der Waals surface area (Å²) in [6.07, 6.45) is 0.492. The van der Waals surface area contributed by atoms with Crippen molar-refractivity contribution in [2.75, 3.05) is 33.9 Å². The molecule has 0 fully saturated rings. The lowest BCUT2D eigenvalue weighted by Gasteiger charge is -2.27. The Balaban J connectivity index is 2.76. The molecule has 0 spiro atoms. The number of hydrogen-bond acceptors (Lipinski definition) is 5. The predicted molar refractivity (Wildman–Crippen MR) is 96.8 cm³/mol. The fourth-order valence-electron chi connectivity index (χ4n) is 2.57. The summed E-state index contributed by atoms with van der Waals surface area (Å²) in [4.78, 5) is 2.22. The number of methoxy groups -OCH3 is 2. The fourth-order valence-corrected chi connectivity index (χ4v) is 2.57. The van der Waals surface area contributed by atoms with Crippen LogP contribution in [0.5, 0.6) is 11.5 Å². The third-order valence-electron chi connectivity index (χ3n) is 3.60. The number of aliphatic hydroxyl groups excluding tert-OH is 1. The molecule has 0 radical (unpaired) electrons. The van der Waals surface area contributed by atoms with E-state index in [0.717, 1.165) is 30.0 Å².